The van der Waals surface area contributed by atoms with Crippen molar-refractivity contribution < 1.29 is 4.79 Å². The topological polar surface area (TPSA) is 74.8 Å². The molecule has 0 saturated carbocycles. The number of aromatic nitrogens is 2. The predicted octanol–water partition coefficient (Wildman–Crippen LogP) is 1.69. The summed E-state index contributed by atoms with van der Waals surface area (Å²) in [6, 6.07) is 12.8. The highest BCUT2D eigenvalue weighted by Crippen LogP contribution is 2.17. The Hall–Kier alpha value is -2.43. The number of aromatic amines is 1. The molecule has 2 rings (SSSR count). The fourth-order valence-electron chi connectivity index (χ4n) is 2.00. The number of amides is 1. The summed E-state index contributed by atoms with van der Waals surface area (Å²) in [4.78, 5) is 22.8. The molecule has 20 heavy (non-hydrogen) atoms. The lowest BCUT2D eigenvalue weighted by Gasteiger charge is -2.15. The van der Waals surface area contributed by atoms with Crippen LogP contribution in [0, 0.1) is 0 Å². The number of carbonyl (C=O) groups excluding carboxylic acids is 1. The highest BCUT2D eigenvalue weighted by atomic mass is 16.2. The van der Waals surface area contributed by atoms with Gasteiger partial charge in [-0.3, -0.25) is 9.59 Å². The molecular formula is C15H17N3O2. The van der Waals surface area contributed by atoms with E-state index in [1.807, 2.05) is 18.2 Å². The van der Waals surface area contributed by atoms with Crippen molar-refractivity contribution in [2.45, 2.75) is 19.3 Å². The van der Waals surface area contributed by atoms with Crippen LogP contribution in [0.5, 0.6) is 0 Å². The number of nitrogens with one attached hydrogen (secondary N) is 2. The number of rotatable bonds is 5. The lowest BCUT2D eigenvalue weighted by Crippen LogP contribution is -2.29. The summed E-state index contributed by atoms with van der Waals surface area (Å²) in [6.45, 7) is 2.63. The van der Waals surface area contributed by atoms with Gasteiger partial charge in [-0.15, -0.1) is 0 Å². The molecule has 2 N–H and O–H groups in total. The number of H-pyrrole nitrogens is 1. The van der Waals surface area contributed by atoms with Crippen molar-refractivity contribution in [2.75, 3.05) is 6.54 Å². The summed E-state index contributed by atoms with van der Waals surface area (Å²) in [6.07, 6.45) is 0.934. The minimum Gasteiger partial charge on any atom is -0.350 e. The number of hydrogen-bond donors (Lipinski definition) is 2. The van der Waals surface area contributed by atoms with Gasteiger partial charge in [0.05, 0.1) is 0 Å². The van der Waals surface area contributed by atoms with Crippen LogP contribution in [-0.4, -0.2) is 22.6 Å². The van der Waals surface area contributed by atoms with Crippen LogP contribution in [0.4, 0.5) is 0 Å². The van der Waals surface area contributed by atoms with Crippen molar-refractivity contribution in [3.63, 3.8) is 0 Å². The number of hydrogen-bond acceptors (Lipinski definition) is 3. The van der Waals surface area contributed by atoms with Gasteiger partial charge in [0.1, 0.15) is 5.69 Å². The quantitative estimate of drug-likeness (QED) is 0.869. The van der Waals surface area contributed by atoms with Crippen molar-refractivity contribution >= 4 is 5.91 Å². The van der Waals surface area contributed by atoms with E-state index >= 15 is 0 Å². The second kappa shape index (κ2) is 6.65. The summed E-state index contributed by atoms with van der Waals surface area (Å²) in [7, 11) is 0. The third-order valence-corrected chi connectivity index (χ3v) is 3.18. The second-order valence-electron chi connectivity index (χ2n) is 4.53. The second-order valence-corrected chi connectivity index (χ2v) is 4.53. The minimum absolute atomic E-state index is 0.215. The first kappa shape index (κ1) is 14.0. The van der Waals surface area contributed by atoms with Crippen LogP contribution in [0.15, 0.2) is 47.3 Å². The van der Waals surface area contributed by atoms with Crippen LogP contribution in [0.3, 0.4) is 0 Å². The third kappa shape index (κ3) is 3.54. The van der Waals surface area contributed by atoms with Gasteiger partial charge in [-0.25, -0.2) is 5.10 Å². The van der Waals surface area contributed by atoms with Crippen molar-refractivity contribution in [1.29, 1.82) is 0 Å². The average Bonchev–Trinajstić information content (AvgIpc) is 2.49. The molecule has 0 radical (unpaired) electrons. The normalized spacial score (nSPS) is 11.8. The van der Waals surface area contributed by atoms with E-state index < -0.39 is 0 Å². The Bertz CT molecular complexity index is 602. The Morgan fingerprint density at radius 1 is 1.25 bits per heavy atom. The lowest BCUT2D eigenvalue weighted by atomic mass is 9.96. The molecule has 1 atom stereocenters. The minimum atomic E-state index is -0.322. The van der Waals surface area contributed by atoms with Crippen LogP contribution >= 0.6 is 0 Å². The van der Waals surface area contributed by atoms with E-state index in [4.69, 9.17) is 0 Å². The molecule has 0 aliphatic rings. The number of benzene rings is 1. The molecule has 0 unspecified atom stereocenters. The Labute approximate surface area is 117 Å². The summed E-state index contributed by atoms with van der Waals surface area (Å²) in [5.41, 5.74) is 1.09. The van der Waals surface area contributed by atoms with Crippen LogP contribution in [0.2, 0.25) is 0 Å². The fraction of sp³-hybridized carbons (Fsp3) is 0.267. The molecule has 2 aromatic rings. The zero-order valence-corrected chi connectivity index (χ0v) is 11.3. The molecule has 104 valence electrons. The highest BCUT2D eigenvalue weighted by molar-refractivity contribution is 5.91. The first-order valence-corrected chi connectivity index (χ1v) is 6.59. The van der Waals surface area contributed by atoms with Crippen molar-refractivity contribution in [1.82, 2.24) is 15.5 Å². The van der Waals surface area contributed by atoms with E-state index in [9.17, 15) is 9.59 Å². The molecule has 1 aromatic carbocycles. The molecule has 1 amide bonds. The first-order chi connectivity index (χ1) is 9.70. The molecule has 5 nitrogen and oxygen atoms in total. The Balaban J connectivity index is 1.98. The molecule has 0 aliphatic carbocycles. The van der Waals surface area contributed by atoms with E-state index in [1.165, 1.54) is 17.7 Å². The summed E-state index contributed by atoms with van der Waals surface area (Å²) in [5, 5.41) is 8.80. The molecule has 0 bridgehead atoms. The van der Waals surface area contributed by atoms with Crippen LogP contribution < -0.4 is 10.9 Å². The Kier molecular flexibility index (Phi) is 4.65. The van der Waals surface area contributed by atoms with Gasteiger partial charge >= 0.3 is 0 Å². The highest BCUT2D eigenvalue weighted by Gasteiger charge is 2.12. The zero-order valence-electron chi connectivity index (χ0n) is 11.3. The van der Waals surface area contributed by atoms with E-state index in [0.29, 0.717) is 6.54 Å². The SMILES string of the molecule is CC[C@@H](CNC(=O)c1ccc(=O)[nH]n1)c1ccccc1. The number of carbonyl (C=O) groups is 1. The zero-order chi connectivity index (χ0) is 14.4. The van der Waals surface area contributed by atoms with Crippen LogP contribution in [0.1, 0.15) is 35.3 Å². The molecular weight excluding hydrogens is 254 g/mol. The van der Waals surface area contributed by atoms with Crippen molar-refractivity contribution in [3.05, 3.63) is 64.1 Å². The standard InChI is InChI=1S/C15H17N3O2/c1-2-11(12-6-4-3-5-7-12)10-16-15(20)13-8-9-14(19)18-17-13/h3-9,11H,2,10H2,1H3,(H,16,20)(H,18,19)/t11-/m0/s1. The van der Waals surface area contributed by atoms with Crippen molar-refractivity contribution in [2.24, 2.45) is 0 Å². The average molecular weight is 271 g/mol. The monoisotopic (exact) mass is 271 g/mol. The van der Waals surface area contributed by atoms with E-state index in [2.05, 4.69) is 34.6 Å². The predicted molar refractivity (Wildman–Crippen MR) is 76.7 cm³/mol. The van der Waals surface area contributed by atoms with Gasteiger partial charge in [0.2, 0.25) is 0 Å². The van der Waals surface area contributed by atoms with Gasteiger partial charge in [0.25, 0.3) is 11.5 Å². The Morgan fingerprint density at radius 2 is 2.00 bits per heavy atom. The Morgan fingerprint density at radius 3 is 2.60 bits per heavy atom. The first-order valence-electron chi connectivity index (χ1n) is 6.59. The molecule has 1 aromatic heterocycles. The van der Waals surface area contributed by atoms with Crippen LogP contribution in [-0.2, 0) is 0 Å². The van der Waals surface area contributed by atoms with Crippen LogP contribution in [0.25, 0.3) is 0 Å². The maximum atomic E-state index is 11.9. The molecule has 5 heteroatoms. The molecule has 0 saturated heterocycles. The molecule has 0 aliphatic heterocycles. The summed E-state index contributed by atoms with van der Waals surface area (Å²) in [5.74, 6) is -0.0152. The third-order valence-electron chi connectivity index (χ3n) is 3.18. The van der Waals surface area contributed by atoms with Gasteiger partial charge in [-0.1, -0.05) is 37.3 Å². The largest absolute Gasteiger partial charge is 0.350 e. The van der Waals surface area contributed by atoms with Crippen molar-refractivity contribution in [3.8, 4) is 0 Å². The summed E-state index contributed by atoms with van der Waals surface area (Å²) >= 11 is 0. The van der Waals surface area contributed by atoms with Gasteiger partial charge in [-0.2, -0.15) is 5.10 Å². The maximum absolute atomic E-state index is 11.9. The van der Waals surface area contributed by atoms with Gasteiger partial charge in [0.15, 0.2) is 0 Å². The molecule has 0 fully saturated rings. The van der Waals surface area contributed by atoms with E-state index in [0.717, 1.165) is 6.42 Å². The van der Waals surface area contributed by atoms with Gasteiger partial charge < -0.3 is 5.32 Å². The maximum Gasteiger partial charge on any atom is 0.271 e. The summed E-state index contributed by atoms with van der Waals surface area (Å²) < 4.78 is 0. The van der Waals surface area contributed by atoms with Gasteiger partial charge in [0, 0.05) is 18.5 Å². The smallest absolute Gasteiger partial charge is 0.271 e. The molecule has 0 spiro atoms. The fourth-order valence-corrected chi connectivity index (χ4v) is 2.00. The van der Waals surface area contributed by atoms with Gasteiger partial charge in [-0.05, 0) is 18.1 Å². The number of nitrogens with zero attached hydrogens (tertiary/aromatic N) is 1. The van der Waals surface area contributed by atoms with E-state index in [-0.39, 0.29) is 23.1 Å². The molecule has 1 heterocycles. The lowest BCUT2D eigenvalue weighted by molar-refractivity contribution is 0.0945. The van der Waals surface area contributed by atoms with E-state index in [1.54, 1.807) is 0 Å².